The van der Waals surface area contributed by atoms with Crippen molar-refractivity contribution >= 4 is 61.4 Å². The van der Waals surface area contributed by atoms with E-state index in [0.29, 0.717) is 16.1 Å². The third kappa shape index (κ3) is 4.16. The number of anilines is 1. The average Bonchev–Trinajstić information content (AvgIpc) is 3.31. The Kier molecular flexibility index (Phi) is 5.72. The van der Waals surface area contributed by atoms with E-state index in [1.165, 1.54) is 12.2 Å². The smallest absolute Gasteiger partial charge is 0.331 e. The number of aromatic nitrogens is 1. The average molecular weight is 467 g/mol. The van der Waals surface area contributed by atoms with Gasteiger partial charge in [-0.2, -0.15) is 0 Å². The SMILES string of the molecule is CCn1c2ccccc2c2cc(NC(=O)COC(=O)/C=C/c3ccc(Br)o3)ccc21. The number of amides is 1. The molecule has 0 saturated heterocycles. The van der Waals surface area contributed by atoms with Gasteiger partial charge in [0, 0.05) is 40.1 Å². The zero-order chi connectivity index (χ0) is 21.1. The van der Waals surface area contributed by atoms with Gasteiger partial charge in [0.25, 0.3) is 5.91 Å². The van der Waals surface area contributed by atoms with Gasteiger partial charge in [0.2, 0.25) is 0 Å². The number of fused-ring (bicyclic) bond motifs is 3. The summed E-state index contributed by atoms with van der Waals surface area (Å²) < 4.78 is 13.0. The van der Waals surface area contributed by atoms with E-state index in [1.807, 2.05) is 30.3 Å². The second-order valence-corrected chi connectivity index (χ2v) is 7.41. The first-order valence-electron chi connectivity index (χ1n) is 9.46. The number of ether oxygens (including phenoxy) is 1. The highest BCUT2D eigenvalue weighted by molar-refractivity contribution is 9.10. The van der Waals surface area contributed by atoms with Crippen LogP contribution in [0.3, 0.4) is 0 Å². The van der Waals surface area contributed by atoms with Crippen LogP contribution in [0.25, 0.3) is 27.9 Å². The van der Waals surface area contributed by atoms with Crippen molar-refractivity contribution in [2.24, 2.45) is 0 Å². The van der Waals surface area contributed by atoms with Gasteiger partial charge in [0.1, 0.15) is 5.76 Å². The molecule has 4 aromatic rings. The number of carbonyl (C=O) groups excluding carboxylic acids is 2. The number of para-hydroxylation sites is 1. The van der Waals surface area contributed by atoms with Crippen LogP contribution in [0.15, 0.2) is 69.8 Å². The van der Waals surface area contributed by atoms with Gasteiger partial charge in [-0.05, 0) is 65.3 Å². The highest BCUT2D eigenvalue weighted by atomic mass is 79.9. The van der Waals surface area contributed by atoms with E-state index in [-0.39, 0.29) is 6.61 Å². The van der Waals surface area contributed by atoms with Gasteiger partial charge in [-0.25, -0.2) is 4.79 Å². The minimum atomic E-state index is -0.626. The molecule has 1 N–H and O–H groups in total. The molecule has 0 aliphatic heterocycles. The second kappa shape index (κ2) is 8.59. The third-order valence-electron chi connectivity index (χ3n) is 4.70. The standard InChI is InChI=1S/C23H19BrN2O4/c1-2-26-19-6-4-3-5-17(19)18-13-15(7-10-20(18)26)25-22(27)14-29-23(28)12-9-16-8-11-21(24)30-16/h3-13H,2,14H2,1H3,(H,25,27)/b12-9+. The van der Waals surface area contributed by atoms with E-state index in [1.54, 1.807) is 12.1 Å². The maximum atomic E-state index is 12.2. The number of rotatable bonds is 6. The minimum absolute atomic E-state index is 0.375. The Hall–Kier alpha value is -3.32. The van der Waals surface area contributed by atoms with E-state index in [0.717, 1.165) is 28.4 Å². The van der Waals surface area contributed by atoms with Crippen molar-refractivity contribution in [1.82, 2.24) is 4.57 Å². The Balaban J connectivity index is 1.42. The van der Waals surface area contributed by atoms with Crippen LogP contribution in [0.1, 0.15) is 12.7 Å². The minimum Gasteiger partial charge on any atom is -0.452 e. The third-order valence-corrected chi connectivity index (χ3v) is 5.12. The van der Waals surface area contributed by atoms with Crippen molar-refractivity contribution in [2.75, 3.05) is 11.9 Å². The number of hydrogen-bond acceptors (Lipinski definition) is 4. The summed E-state index contributed by atoms with van der Waals surface area (Å²) >= 11 is 3.18. The van der Waals surface area contributed by atoms with Crippen LogP contribution in [0.4, 0.5) is 5.69 Å². The van der Waals surface area contributed by atoms with Crippen molar-refractivity contribution < 1.29 is 18.7 Å². The Labute approximate surface area is 181 Å². The summed E-state index contributed by atoms with van der Waals surface area (Å²) in [7, 11) is 0. The number of hydrogen-bond donors (Lipinski definition) is 1. The molecule has 0 radical (unpaired) electrons. The summed E-state index contributed by atoms with van der Waals surface area (Å²) in [4.78, 5) is 24.0. The lowest BCUT2D eigenvalue weighted by molar-refractivity contribution is -0.142. The van der Waals surface area contributed by atoms with Gasteiger partial charge in [-0.3, -0.25) is 4.79 Å². The summed E-state index contributed by atoms with van der Waals surface area (Å²) in [6.45, 7) is 2.59. The van der Waals surface area contributed by atoms with Crippen LogP contribution in [-0.4, -0.2) is 23.1 Å². The highest BCUT2D eigenvalue weighted by Crippen LogP contribution is 2.30. The molecule has 0 spiro atoms. The molecule has 152 valence electrons. The number of nitrogens with one attached hydrogen (secondary N) is 1. The molecular formula is C23H19BrN2O4. The Morgan fingerprint density at radius 2 is 1.90 bits per heavy atom. The predicted octanol–water partition coefficient (Wildman–Crippen LogP) is 5.37. The van der Waals surface area contributed by atoms with Gasteiger partial charge in [0.05, 0.1) is 0 Å². The summed E-state index contributed by atoms with van der Waals surface area (Å²) in [5, 5.41) is 4.98. The molecule has 4 rings (SSSR count). The zero-order valence-electron chi connectivity index (χ0n) is 16.2. The van der Waals surface area contributed by atoms with Crippen LogP contribution >= 0.6 is 15.9 Å². The molecule has 2 aromatic heterocycles. The number of furan rings is 1. The van der Waals surface area contributed by atoms with Gasteiger partial charge in [0.15, 0.2) is 11.3 Å². The first-order valence-corrected chi connectivity index (χ1v) is 10.3. The van der Waals surface area contributed by atoms with Gasteiger partial charge in [-0.15, -0.1) is 0 Å². The largest absolute Gasteiger partial charge is 0.452 e. The first kappa shape index (κ1) is 20.0. The number of benzene rings is 2. The Bertz CT molecular complexity index is 1270. The lowest BCUT2D eigenvalue weighted by Crippen LogP contribution is -2.20. The maximum Gasteiger partial charge on any atom is 0.331 e. The molecule has 1 amide bonds. The Morgan fingerprint density at radius 3 is 2.67 bits per heavy atom. The molecule has 0 saturated carbocycles. The van der Waals surface area contributed by atoms with Crippen LogP contribution in [0.2, 0.25) is 0 Å². The molecule has 7 heteroatoms. The molecule has 0 bridgehead atoms. The predicted molar refractivity (Wildman–Crippen MR) is 120 cm³/mol. The Morgan fingerprint density at radius 1 is 1.10 bits per heavy atom. The van der Waals surface area contributed by atoms with Crippen LogP contribution in [-0.2, 0) is 20.9 Å². The van der Waals surface area contributed by atoms with Gasteiger partial charge < -0.3 is 19.0 Å². The molecule has 30 heavy (non-hydrogen) atoms. The lowest BCUT2D eigenvalue weighted by Gasteiger charge is -2.07. The molecule has 0 unspecified atom stereocenters. The van der Waals surface area contributed by atoms with Gasteiger partial charge >= 0.3 is 5.97 Å². The molecule has 6 nitrogen and oxygen atoms in total. The number of carbonyl (C=O) groups is 2. The van der Waals surface area contributed by atoms with E-state index < -0.39 is 11.9 Å². The summed E-state index contributed by atoms with van der Waals surface area (Å²) in [6, 6.07) is 17.4. The highest BCUT2D eigenvalue weighted by Gasteiger charge is 2.11. The molecule has 2 heterocycles. The molecule has 0 aliphatic rings. The second-order valence-electron chi connectivity index (χ2n) is 6.62. The van der Waals surface area contributed by atoms with Crippen molar-refractivity contribution in [3.05, 3.63) is 71.1 Å². The molecule has 0 aliphatic carbocycles. The fourth-order valence-corrected chi connectivity index (χ4v) is 3.74. The van der Waals surface area contributed by atoms with Crippen molar-refractivity contribution in [2.45, 2.75) is 13.5 Å². The van der Waals surface area contributed by atoms with Gasteiger partial charge in [-0.1, -0.05) is 18.2 Å². The monoisotopic (exact) mass is 466 g/mol. The van der Waals surface area contributed by atoms with Crippen molar-refractivity contribution in [1.29, 1.82) is 0 Å². The number of nitrogens with zero attached hydrogens (tertiary/aromatic N) is 1. The zero-order valence-corrected chi connectivity index (χ0v) is 17.8. The molecule has 0 atom stereocenters. The fourth-order valence-electron chi connectivity index (χ4n) is 3.42. The van der Waals surface area contributed by atoms with E-state index >= 15 is 0 Å². The summed E-state index contributed by atoms with van der Waals surface area (Å²) in [6.07, 6.45) is 2.69. The van der Waals surface area contributed by atoms with Crippen LogP contribution < -0.4 is 5.32 Å². The fraction of sp³-hybridized carbons (Fsp3) is 0.130. The first-order chi connectivity index (χ1) is 14.5. The number of aryl methyl sites for hydroxylation is 1. The van der Waals surface area contributed by atoms with E-state index in [4.69, 9.17) is 9.15 Å². The van der Waals surface area contributed by atoms with Crippen molar-refractivity contribution in [3.63, 3.8) is 0 Å². The van der Waals surface area contributed by atoms with Crippen LogP contribution in [0, 0.1) is 0 Å². The molecule has 0 fully saturated rings. The summed E-state index contributed by atoms with van der Waals surface area (Å²) in [5.41, 5.74) is 2.92. The van der Waals surface area contributed by atoms with Crippen LogP contribution in [0.5, 0.6) is 0 Å². The van der Waals surface area contributed by atoms with E-state index in [2.05, 4.69) is 44.9 Å². The lowest BCUT2D eigenvalue weighted by atomic mass is 10.1. The normalized spacial score (nSPS) is 11.4. The maximum absolute atomic E-state index is 12.2. The number of halogens is 1. The molecular weight excluding hydrogens is 448 g/mol. The van der Waals surface area contributed by atoms with Crippen molar-refractivity contribution in [3.8, 4) is 0 Å². The number of esters is 1. The quantitative estimate of drug-likeness (QED) is 0.306. The topological polar surface area (TPSA) is 73.5 Å². The van der Waals surface area contributed by atoms with E-state index in [9.17, 15) is 9.59 Å². The molecule has 2 aromatic carbocycles. The summed E-state index contributed by atoms with van der Waals surface area (Å²) in [5.74, 6) is -0.530.